The molecule has 0 N–H and O–H groups in total. The molecule has 124 valence electrons. The summed E-state index contributed by atoms with van der Waals surface area (Å²) in [6, 6.07) is 8.38. The van der Waals surface area contributed by atoms with E-state index in [4.69, 9.17) is 0 Å². The van der Waals surface area contributed by atoms with E-state index in [-0.39, 0.29) is 0 Å². The molecule has 2 rings (SSSR count). The van der Waals surface area contributed by atoms with Crippen LogP contribution in [0.4, 0.5) is 0 Å². The molecule has 1 heterocycles. The molecule has 0 aliphatic rings. The van der Waals surface area contributed by atoms with Crippen LogP contribution >= 0.6 is 0 Å². The first-order valence-electron chi connectivity index (χ1n) is 9.17. The van der Waals surface area contributed by atoms with Gasteiger partial charge in [0, 0.05) is 18.0 Å². The van der Waals surface area contributed by atoms with Gasteiger partial charge in [-0.15, -0.1) is 0 Å². The smallest absolute Gasteiger partial charge is 0.159 e. The van der Waals surface area contributed by atoms with E-state index in [1.54, 1.807) is 0 Å². The fraction of sp³-hybridized carbons (Fsp3) is 0.524. The predicted octanol–water partition coefficient (Wildman–Crippen LogP) is 6.14. The van der Waals surface area contributed by atoms with Crippen molar-refractivity contribution in [1.29, 1.82) is 0 Å². The zero-order chi connectivity index (χ0) is 16.3. The average Bonchev–Trinajstić information content (AvgIpc) is 2.59. The van der Waals surface area contributed by atoms with Crippen molar-refractivity contribution in [3.05, 3.63) is 47.8 Å². The molecule has 23 heavy (non-hydrogen) atoms. The first-order chi connectivity index (χ1) is 11.3. The standard InChI is InChI=1S/C21H30N2/c1-3-4-5-6-7-8-9-10-11-19-16-22-21(23-17-19)20-14-12-18(2)13-15-20/h12-17H,3-11H2,1-2H3. The Morgan fingerprint density at radius 1 is 0.739 bits per heavy atom. The van der Waals surface area contributed by atoms with E-state index in [0.29, 0.717) is 0 Å². The average molecular weight is 310 g/mol. The van der Waals surface area contributed by atoms with Crippen LogP contribution in [-0.4, -0.2) is 9.97 Å². The summed E-state index contributed by atoms with van der Waals surface area (Å²) in [6.45, 7) is 4.36. The molecule has 2 aromatic rings. The second-order valence-electron chi connectivity index (χ2n) is 6.51. The predicted molar refractivity (Wildman–Crippen MR) is 98.5 cm³/mol. The molecular weight excluding hydrogens is 280 g/mol. The van der Waals surface area contributed by atoms with Crippen LogP contribution in [0.15, 0.2) is 36.7 Å². The number of hydrogen-bond donors (Lipinski definition) is 0. The van der Waals surface area contributed by atoms with E-state index < -0.39 is 0 Å². The van der Waals surface area contributed by atoms with Gasteiger partial charge in [-0.25, -0.2) is 9.97 Å². The maximum Gasteiger partial charge on any atom is 0.159 e. The Labute approximate surface area is 141 Å². The van der Waals surface area contributed by atoms with Gasteiger partial charge in [-0.05, 0) is 25.3 Å². The van der Waals surface area contributed by atoms with Crippen molar-refractivity contribution in [3.63, 3.8) is 0 Å². The van der Waals surface area contributed by atoms with E-state index >= 15 is 0 Å². The third kappa shape index (κ3) is 6.52. The largest absolute Gasteiger partial charge is 0.236 e. The zero-order valence-electron chi connectivity index (χ0n) is 14.7. The quantitative estimate of drug-likeness (QED) is 0.493. The molecular formula is C21H30N2. The Balaban J connectivity index is 1.68. The second kappa shape index (κ2) is 10.1. The van der Waals surface area contributed by atoms with Gasteiger partial charge in [0.05, 0.1) is 0 Å². The van der Waals surface area contributed by atoms with Crippen molar-refractivity contribution in [1.82, 2.24) is 9.97 Å². The van der Waals surface area contributed by atoms with Crippen molar-refractivity contribution >= 4 is 0 Å². The van der Waals surface area contributed by atoms with Gasteiger partial charge in [0.25, 0.3) is 0 Å². The second-order valence-corrected chi connectivity index (χ2v) is 6.51. The molecule has 0 atom stereocenters. The Hall–Kier alpha value is -1.70. The third-order valence-corrected chi connectivity index (χ3v) is 4.33. The molecule has 2 nitrogen and oxygen atoms in total. The monoisotopic (exact) mass is 310 g/mol. The molecule has 0 fully saturated rings. The molecule has 1 aromatic carbocycles. The highest BCUT2D eigenvalue weighted by atomic mass is 14.9. The van der Waals surface area contributed by atoms with Crippen molar-refractivity contribution in [3.8, 4) is 11.4 Å². The normalized spacial score (nSPS) is 10.9. The van der Waals surface area contributed by atoms with Crippen LogP contribution in [0.3, 0.4) is 0 Å². The lowest BCUT2D eigenvalue weighted by Gasteiger charge is -2.04. The number of benzene rings is 1. The molecule has 2 heteroatoms. The van der Waals surface area contributed by atoms with Crippen LogP contribution in [0.2, 0.25) is 0 Å². The summed E-state index contributed by atoms with van der Waals surface area (Å²) >= 11 is 0. The van der Waals surface area contributed by atoms with Crippen molar-refractivity contribution in [2.75, 3.05) is 0 Å². The number of hydrogen-bond acceptors (Lipinski definition) is 2. The number of unbranched alkanes of at least 4 members (excludes halogenated alkanes) is 7. The van der Waals surface area contributed by atoms with Crippen LogP contribution in [0.5, 0.6) is 0 Å². The summed E-state index contributed by atoms with van der Waals surface area (Å²) in [4.78, 5) is 9.03. The first kappa shape index (κ1) is 17.7. The molecule has 0 radical (unpaired) electrons. The minimum absolute atomic E-state index is 0.824. The Morgan fingerprint density at radius 2 is 1.30 bits per heavy atom. The van der Waals surface area contributed by atoms with E-state index in [9.17, 15) is 0 Å². The first-order valence-corrected chi connectivity index (χ1v) is 9.17. The molecule has 0 aliphatic carbocycles. The third-order valence-electron chi connectivity index (χ3n) is 4.33. The molecule has 0 saturated heterocycles. The summed E-state index contributed by atoms with van der Waals surface area (Å²) in [5.41, 5.74) is 3.61. The van der Waals surface area contributed by atoms with E-state index in [1.807, 2.05) is 12.4 Å². The van der Waals surface area contributed by atoms with Gasteiger partial charge in [-0.2, -0.15) is 0 Å². The van der Waals surface area contributed by atoms with Gasteiger partial charge in [-0.3, -0.25) is 0 Å². The lowest BCUT2D eigenvalue weighted by atomic mass is 10.1. The Kier molecular flexibility index (Phi) is 7.79. The number of nitrogens with zero attached hydrogens (tertiary/aromatic N) is 2. The Bertz CT molecular complexity index is 543. The van der Waals surface area contributed by atoms with Crippen molar-refractivity contribution in [2.45, 2.75) is 71.6 Å². The summed E-state index contributed by atoms with van der Waals surface area (Å²) in [5.74, 6) is 0.824. The van der Waals surface area contributed by atoms with Gasteiger partial charge in [-0.1, -0.05) is 81.7 Å². The number of rotatable bonds is 10. The lowest BCUT2D eigenvalue weighted by Crippen LogP contribution is -1.93. The van der Waals surface area contributed by atoms with Gasteiger partial charge in [0.2, 0.25) is 0 Å². The molecule has 0 unspecified atom stereocenters. The van der Waals surface area contributed by atoms with Crippen molar-refractivity contribution < 1.29 is 0 Å². The van der Waals surface area contributed by atoms with Gasteiger partial charge in [0.1, 0.15) is 0 Å². The van der Waals surface area contributed by atoms with E-state index in [0.717, 1.165) is 17.8 Å². The minimum atomic E-state index is 0.824. The maximum atomic E-state index is 4.52. The highest BCUT2D eigenvalue weighted by Gasteiger charge is 2.01. The SMILES string of the molecule is CCCCCCCCCCc1cnc(-c2ccc(C)cc2)nc1. The van der Waals surface area contributed by atoms with Crippen LogP contribution in [0.1, 0.15) is 69.4 Å². The van der Waals surface area contributed by atoms with Crippen LogP contribution < -0.4 is 0 Å². The lowest BCUT2D eigenvalue weighted by molar-refractivity contribution is 0.575. The van der Waals surface area contributed by atoms with E-state index in [2.05, 4.69) is 48.1 Å². The molecule has 0 spiro atoms. The highest BCUT2D eigenvalue weighted by Crippen LogP contribution is 2.16. The molecule has 0 aliphatic heterocycles. The summed E-state index contributed by atoms with van der Waals surface area (Å²) in [7, 11) is 0. The molecule has 1 aromatic heterocycles. The van der Waals surface area contributed by atoms with Gasteiger partial charge < -0.3 is 0 Å². The Morgan fingerprint density at radius 3 is 1.91 bits per heavy atom. The highest BCUT2D eigenvalue weighted by molar-refractivity contribution is 5.54. The molecule has 0 saturated carbocycles. The maximum absolute atomic E-state index is 4.52. The number of aromatic nitrogens is 2. The van der Waals surface area contributed by atoms with Crippen LogP contribution in [0.25, 0.3) is 11.4 Å². The topological polar surface area (TPSA) is 25.8 Å². The summed E-state index contributed by atoms with van der Waals surface area (Å²) < 4.78 is 0. The number of aryl methyl sites for hydroxylation is 2. The molecule has 0 bridgehead atoms. The minimum Gasteiger partial charge on any atom is -0.236 e. The zero-order valence-corrected chi connectivity index (χ0v) is 14.7. The van der Waals surface area contributed by atoms with Crippen LogP contribution in [0, 0.1) is 6.92 Å². The van der Waals surface area contributed by atoms with Gasteiger partial charge >= 0.3 is 0 Å². The summed E-state index contributed by atoms with van der Waals surface area (Å²) in [5, 5.41) is 0. The summed E-state index contributed by atoms with van der Waals surface area (Å²) in [6.07, 6.45) is 16.0. The van der Waals surface area contributed by atoms with E-state index in [1.165, 1.54) is 62.5 Å². The van der Waals surface area contributed by atoms with Gasteiger partial charge in [0.15, 0.2) is 5.82 Å². The van der Waals surface area contributed by atoms with Crippen LogP contribution in [-0.2, 0) is 6.42 Å². The van der Waals surface area contributed by atoms with Crippen molar-refractivity contribution in [2.24, 2.45) is 0 Å². The fourth-order valence-electron chi connectivity index (χ4n) is 2.80. The fourth-order valence-corrected chi connectivity index (χ4v) is 2.80. The molecule has 0 amide bonds.